The van der Waals surface area contributed by atoms with E-state index in [1.54, 1.807) is 7.05 Å². The molecule has 1 aromatic carbocycles. The lowest BCUT2D eigenvalue weighted by Gasteiger charge is -2.31. The van der Waals surface area contributed by atoms with Crippen LogP contribution in [0.1, 0.15) is 31.9 Å². The topological polar surface area (TPSA) is 48.9 Å². The summed E-state index contributed by atoms with van der Waals surface area (Å²) in [5, 5.41) is 6.66. The zero-order valence-corrected chi connectivity index (χ0v) is 14.8. The van der Waals surface area contributed by atoms with Gasteiger partial charge in [0.1, 0.15) is 0 Å². The minimum Gasteiger partial charge on any atom is -0.376 e. The van der Waals surface area contributed by atoms with Crippen molar-refractivity contribution in [1.29, 1.82) is 0 Å². The first-order valence-corrected chi connectivity index (χ1v) is 8.45. The van der Waals surface area contributed by atoms with Crippen LogP contribution in [0.5, 0.6) is 0 Å². The fraction of sp³-hybridized carbons (Fsp3) is 0.611. The molecule has 5 heteroatoms. The lowest BCUT2D eigenvalue weighted by Crippen LogP contribution is -2.41. The Morgan fingerprint density at radius 1 is 1.39 bits per heavy atom. The van der Waals surface area contributed by atoms with E-state index in [1.165, 1.54) is 11.1 Å². The van der Waals surface area contributed by atoms with E-state index in [-0.39, 0.29) is 0 Å². The summed E-state index contributed by atoms with van der Waals surface area (Å²) in [5.41, 5.74) is 2.63. The summed E-state index contributed by atoms with van der Waals surface area (Å²) in [6.07, 6.45) is 0.332. The molecule has 1 aliphatic rings. The van der Waals surface area contributed by atoms with Crippen LogP contribution in [-0.4, -0.2) is 49.7 Å². The van der Waals surface area contributed by atoms with E-state index >= 15 is 0 Å². The van der Waals surface area contributed by atoms with Crippen LogP contribution < -0.4 is 10.6 Å². The van der Waals surface area contributed by atoms with Crippen molar-refractivity contribution in [3.05, 3.63) is 35.4 Å². The smallest absolute Gasteiger partial charge is 0.191 e. The third-order valence-electron chi connectivity index (χ3n) is 3.83. The van der Waals surface area contributed by atoms with Gasteiger partial charge in [0.25, 0.3) is 0 Å². The predicted octanol–water partition coefficient (Wildman–Crippen LogP) is 1.98. The number of benzene rings is 1. The highest BCUT2D eigenvalue weighted by Gasteiger charge is 2.16. The first-order valence-electron chi connectivity index (χ1n) is 8.45. The second-order valence-corrected chi connectivity index (χ2v) is 6.46. The van der Waals surface area contributed by atoms with Crippen molar-refractivity contribution >= 4 is 5.96 Å². The zero-order valence-electron chi connectivity index (χ0n) is 14.8. The van der Waals surface area contributed by atoms with Gasteiger partial charge in [-0.2, -0.15) is 0 Å². The largest absolute Gasteiger partial charge is 0.376 e. The highest BCUT2D eigenvalue weighted by atomic mass is 16.5. The number of rotatable bonds is 5. The molecule has 0 aromatic heterocycles. The Bertz CT molecular complexity index is 515. The molecule has 0 saturated carbocycles. The lowest BCUT2D eigenvalue weighted by molar-refractivity contribution is -0.0212. The van der Waals surface area contributed by atoms with E-state index in [0.717, 1.165) is 38.7 Å². The Labute approximate surface area is 140 Å². The van der Waals surface area contributed by atoms with Crippen molar-refractivity contribution < 1.29 is 4.74 Å². The summed E-state index contributed by atoms with van der Waals surface area (Å²) >= 11 is 0. The molecule has 1 atom stereocenters. The third kappa shape index (κ3) is 6.20. The second-order valence-electron chi connectivity index (χ2n) is 6.46. The molecular weight excluding hydrogens is 288 g/mol. The van der Waals surface area contributed by atoms with Gasteiger partial charge in [-0.3, -0.25) is 9.89 Å². The number of nitrogens with zero attached hydrogens (tertiary/aromatic N) is 2. The Hall–Kier alpha value is -1.59. The molecule has 1 fully saturated rings. The summed E-state index contributed by atoms with van der Waals surface area (Å²) < 4.78 is 5.61. The van der Waals surface area contributed by atoms with Crippen LogP contribution in [0.25, 0.3) is 0 Å². The van der Waals surface area contributed by atoms with Crippen LogP contribution in [0.2, 0.25) is 0 Å². The maximum absolute atomic E-state index is 5.61. The number of hydrogen-bond donors (Lipinski definition) is 2. The molecule has 1 aliphatic heterocycles. The maximum atomic E-state index is 5.61. The lowest BCUT2D eigenvalue weighted by atomic mass is 10.1. The molecule has 2 N–H and O–H groups in total. The zero-order chi connectivity index (χ0) is 16.7. The van der Waals surface area contributed by atoms with E-state index in [2.05, 4.69) is 65.6 Å². The first kappa shape index (κ1) is 17.8. The maximum Gasteiger partial charge on any atom is 0.191 e. The van der Waals surface area contributed by atoms with Gasteiger partial charge >= 0.3 is 0 Å². The van der Waals surface area contributed by atoms with E-state index in [0.29, 0.717) is 12.1 Å². The van der Waals surface area contributed by atoms with Crippen LogP contribution in [0, 0.1) is 0 Å². The molecule has 5 nitrogen and oxygen atoms in total. The number of aliphatic imine (C=N–C) groups is 1. The van der Waals surface area contributed by atoms with Crippen molar-refractivity contribution in [1.82, 2.24) is 15.5 Å². The van der Waals surface area contributed by atoms with Crippen LogP contribution in [0.15, 0.2) is 29.3 Å². The molecule has 0 amide bonds. The van der Waals surface area contributed by atoms with E-state index in [1.807, 2.05) is 0 Å². The molecule has 128 valence electrons. The average molecular weight is 318 g/mol. The first-order chi connectivity index (χ1) is 11.1. The predicted molar refractivity (Wildman–Crippen MR) is 95.6 cm³/mol. The summed E-state index contributed by atoms with van der Waals surface area (Å²) in [7, 11) is 1.80. The van der Waals surface area contributed by atoms with Gasteiger partial charge in [0.2, 0.25) is 0 Å². The van der Waals surface area contributed by atoms with Crippen LogP contribution in [0.3, 0.4) is 0 Å². The Kier molecular flexibility index (Phi) is 6.86. The van der Waals surface area contributed by atoms with Crippen LogP contribution in [-0.2, 0) is 17.8 Å². The van der Waals surface area contributed by atoms with Gasteiger partial charge in [-0.25, -0.2) is 0 Å². The fourth-order valence-corrected chi connectivity index (χ4v) is 2.78. The molecule has 0 aliphatic carbocycles. The summed E-state index contributed by atoms with van der Waals surface area (Å²) in [6, 6.07) is 9.13. The molecular formula is C18H30N4O. The molecule has 1 aromatic rings. The van der Waals surface area contributed by atoms with Crippen molar-refractivity contribution in [3.8, 4) is 0 Å². The van der Waals surface area contributed by atoms with E-state index in [4.69, 9.17) is 4.74 Å². The van der Waals surface area contributed by atoms with E-state index in [9.17, 15) is 0 Å². The number of ether oxygens (including phenoxy) is 1. The van der Waals surface area contributed by atoms with Crippen molar-refractivity contribution in [3.63, 3.8) is 0 Å². The number of nitrogens with one attached hydrogen (secondary N) is 2. The standard InChI is InChI=1S/C18H30N4O/c1-14(2)21-18(19-4)20-11-16-6-5-7-17(10-16)13-22-8-9-23-15(3)12-22/h5-7,10,14-15H,8-9,11-13H2,1-4H3,(H2,19,20,21). The Balaban J connectivity index is 1.89. The fourth-order valence-electron chi connectivity index (χ4n) is 2.78. The highest BCUT2D eigenvalue weighted by Crippen LogP contribution is 2.12. The van der Waals surface area contributed by atoms with Gasteiger partial charge < -0.3 is 15.4 Å². The molecule has 2 rings (SSSR count). The Morgan fingerprint density at radius 2 is 2.17 bits per heavy atom. The van der Waals surface area contributed by atoms with E-state index < -0.39 is 0 Å². The highest BCUT2D eigenvalue weighted by molar-refractivity contribution is 5.79. The summed E-state index contributed by atoms with van der Waals surface area (Å²) in [5.74, 6) is 0.840. The molecule has 1 unspecified atom stereocenters. The van der Waals surface area contributed by atoms with Crippen molar-refractivity contribution in [2.75, 3.05) is 26.7 Å². The molecule has 0 bridgehead atoms. The Morgan fingerprint density at radius 3 is 2.87 bits per heavy atom. The number of hydrogen-bond acceptors (Lipinski definition) is 3. The van der Waals surface area contributed by atoms with Crippen LogP contribution >= 0.6 is 0 Å². The summed E-state index contributed by atoms with van der Waals surface area (Å²) in [4.78, 5) is 6.70. The quantitative estimate of drug-likeness (QED) is 0.644. The summed E-state index contributed by atoms with van der Waals surface area (Å²) in [6.45, 7) is 11.0. The minimum atomic E-state index is 0.332. The molecule has 1 heterocycles. The third-order valence-corrected chi connectivity index (χ3v) is 3.83. The van der Waals surface area contributed by atoms with Gasteiger partial charge in [-0.1, -0.05) is 24.3 Å². The van der Waals surface area contributed by atoms with Crippen molar-refractivity contribution in [2.24, 2.45) is 4.99 Å². The molecule has 0 spiro atoms. The van der Waals surface area contributed by atoms with Crippen molar-refractivity contribution in [2.45, 2.75) is 46.0 Å². The molecule has 23 heavy (non-hydrogen) atoms. The SMILES string of the molecule is CN=C(NCc1cccc(CN2CCOC(C)C2)c1)NC(C)C. The van der Waals surface area contributed by atoms with Gasteiger partial charge in [0.05, 0.1) is 12.7 Å². The minimum absolute atomic E-state index is 0.332. The van der Waals surface area contributed by atoms with Gasteiger partial charge in [-0.05, 0) is 31.9 Å². The normalized spacial score (nSPS) is 19.9. The monoisotopic (exact) mass is 318 g/mol. The van der Waals surface area contributed by atoms with Crippen LogP contribution in [0.4, 0.5) is 0 Å². The molecule has 1 saturated heterocycles. The molecule has 0 radical (unpaired) electrons. The van der Waals surface area contributed by atoms with Gasteiger partial charge in [0, 0.05) is 39.3 Å². The number of guanidine groups is 1. The second kappa shape index (κ2) is 8.89. The number of morpholine rings is 1. The average Bonchev–Trinajstić information content (AvgIpc) is 2.51. The van der Waals surface area contributed by atoms with Gasteiger partial charge in [0.15, 0.2) is 5.96 Å². The van der Waals surface area contributed by atoms with Gasteiger partial charge in [-0.15, -0.1) is 0 Å².